The minimum absolute atomic E-state index is 0.170. The molecule has 2 aromatic carbocycles. The second-order valence-corrected chi connectivity index (χ2v) is 12.8. The van der Waals surface area contributed by atoms with Crippen LogP contribution in [0.3, 0.4) is 0 Å². The van der Waals surface area contributed by atoms with E-state index in [2.05, 4.69) is 42.6 Å². The molecular formula is C27H34ClN7O3S2. The predicted octanol–water partition coefficient (Wildman–Crippen LogP) is 5.14. The lowest BCUT2D eigenvalue weighted by atomic mass is 10.2. The van der Waals surface area contributed by atoms with Crippen LogP contribution in [-0.2, 0) is 9.84 Å². The third kappa shape index (κ3) is 6.92. The Morgan fingerprint density at radius 1 is 1.10 bits per heavy atom. The molecule has 10 nitrogen and oxygen atoms in total. The van der Waals surface area contributed by atoms with E-state index in [4.69, 9.17) is 28.6 Å². The van der Waals surface area contributed by atoms with Crippen molar-refractivity contribution in [3.05, 3.63) is 53.7 Å². The molecule has 4 rings (SSSR count). The molecule has 40 heavy (non-hydrogen) atoms. The summed E-state index contributed by atoms with van der Waals surface area (Å²) in [4.78, 5) is 13.5. The lowest BCUT2D eigenvalue weighted by molar-refractivity contribution is 0.191. The highest BCUT2D eigenvalue weighted by Gasteiger charge is 2.23. The zero-order valence-electron chi connectivity index (χ0n) is 22.9. The number of halogens is 1. The quantitative estimate of drug-likeness (QED) is 0.283. The van der Waals surface area contributed by atoms with Gasteiger partial charge in [-0.15, -0.1) is 0 Å². The number of nitrogens with zero attached hydrogens (tertiary/aromatic N) is 4. The standard InChI is InChI=1S/C27H34ClN7O3S2/c1-5-34-12-14-35(15-13-34)27(39)30-19-10-11-21(23(16-19)38-4)32-26-29-17-20(28)25(33-26)31-22-8-6-7-9-24(22)40(36,37)18(2)3/h6-11,16-18H,5,12-15H2,1-4H3,(H,30,39)(H2,29,31,32,33). The van der Waals surface area contributed by atoms with Crippen molar-refractivity contribution >= 4 is 67.6 Å². The number of anilines is 5. The number of likely N-dealkylation sites (N-methyl/N-ethyl adjacent to an activating group) is 1. The number of thiocarbonyl (C=S) groups is 1. The molecule has 2 heterocycles. The summed E-state index contributed by atoms with van der Waals surface area (Å²) in [5.41, 5.74) is 1.81. The summed E-state index contributed by atoms with van der Waals surface area (Å²) >= 11 is 12.0. The number of rotatable bonds is 9. The second-order valence-electron chi connectivity index (χ2n) is 9.50. The van der Waals surface area contributed by atoms with Crippen molar-refractivity contribution in [2.24, 2.45) is 0 Å². The van der Waals surface area contributed by atoms with Crippen LogP contribution in [0, 0.1) is 0 Å². The normalized spacial score (nSPS) is 14.2. The van der Waals surface area contributed by atoms with E-state index in [1.54, 1.807) is 45.2 Å². The summed E-state index contributed by atoms with van der Waals surface area (Å²) in [6, 6.07) is 12.2. The Morgan fingerprint density at radius 2 is 1.82 bits per heavy atom. The van der Waals surface area contributed by atoms with Crippen molar-refractivity contribution < 1.29 is 13.2 Å². The fourth-order valence-corrected chi connectivity index (χ4v) is 5.82. The molecule has 0 amide bonds. The van der Waals surface area contributed by atoms with Crippen molar-refractivity contribution in [3.63, 3.8) is 0 Å². The van der Waals surface area contributed by atoms with Gasteiger partial charge in [-0.25, -0.2) is 13.4 Å². The molecule has 0 aliphatic carbocycles. The van der Waals surface area contributed by atoms with E-state index in [1.165, 1.54) is 6.20 Å². The van der Waals surface area contributed by atoms with Gasteiger partial charge in [-0.3, -0.25) is 0 Å². The molecule has 0 unspecified atom stereocenters. The van der Waals surface area contributed by atoms with Crippen molar-refractivity contribution in [2.45, 2.75) is 30.9 Å². The zero-order chi connectivity index (χ0) is 28.9. The summed E-state index contributed by atoms with van der Waals surface area (Å²) in [5.74, 6) is 1.07. The maximum Gasteiger partial charge on any atom is 0.229 e. The van der Waals surface area contributed by atoms with E-state index in [0.717, 1.165) is 38.4 Å². The highest BCUT2D eigenvalue weighted by Crippen LogP contribution is 2.33. The van der Waals surface area contributed by atoms with Gasteiger partial charge in [0.25, 0.3) is 0 Å². The smallest absolute Gasteiger partial charge is 0.229 e. The number of methoxy groups -OCH3 is 1. The molecule has 0 spiro atoms. The molecule has 3 N–H and O–H groups in total. The number of ether oxygens (including phenoxy) is 1. The van der Waals surface area contributed by atoms with Gasteiger partial charge < -0.3 is 30.5 Å². The van der Waals surface area contributed by atoms with Crippen LogP contribution in [0.15, 0.2) is 53.6 Å². The zero-order valence-corrected chi connectivity index (χ0v) is 25.3. The van der Waals surface area contributed by atoms with Crippen LogP contribution in [-0.4, -0.2) is 78.4 Å². The van der Waals surface area contributed by atoms with E-state index < -0.39 is 15.1 Å². The van der Waals surface area contributed by atoms with Crippen molar-refractivity contribution in [1.29, 1.82) is 0 Å². The highest BCUT2D eigenvalue weighted by atomic mass is 35.5. The molecule has 1 fully saturated rings. The maximum absolute atomic E-state index is 12.9. The van der Waals surface area contributed by atoms with Crippen LogP contribution < -0.4 is 20.7 Å². The average molecular weight is 604 g/mol. The maximum atomic E-state index is 12.9. The van der Waals surface area contributed by atoms with E-state index in [0.29, 0.717) is 22.2 Å². The van der Waals surface area contributed by atoms with Gasteiger partial charge in [0.05, 0.1) is 34.8 Å². The minimum atomic E-state index is -3.53. The molecule has 1 aromatic heterocycles. The molecule has 3 aromatic rings. The number of hydrogen-bond donors (Lipinski definition) is 3. The minimum Gasteiger partial charge on any atom is -0.494 e. The van der Waals surface area contributed by atoms with Crippen molar-refractivity contribution in [3.8, 4) is 5.75 Å². The van der Waals surface area contributed by atoms with E-state index >= 15 is 0 Å². The summed E-state index contributed by atoms with van der Waals surface area (Å²) in [5, 5.41) is 9.85. The Hall–Kier alpha value is -3.19. The Kier molecular flexibility index (Phi) is 9.67. The number of piperazine rings is 1. The number of nitrogens with one attached hydrogen (secondary N) is 3. The number of aromatic nitrogens is 2. The summed E-state index contributed by atoms with van der Waals surface area (Å²) < 4.78 is 31.3. The highest BCUT2D eigenvalue weighted by molar-refractivity contribution is 7.92. The summed E-state index contributed by atoms with van der Waals surface area (Å²) in [6.45, 7) is 10.2. The first-order valence-electron chi connectivity index (χ1n) is 13.0. The average Bonchev–Trinajstić information content (AvgIpc) is 2.95. The van der Waals surface area contributed by atoms with Gasteiger partial charge >= 0.3 is 0 Å². The van der Waals surface area contributed by atoms with Crippen LogP contribution >= 0.6 is 23.8 Å². The van der Waals surface area contributed by atoms with Crippen LogP contribution in [0.5, 0.6) is 5.75 Å². The first-order chi connectivity index (χ1) is 19.1. The van der Waals surface area contributed by atoms with Gasteiger partial charge in [-0.2, -0.15) is 4.98 Å². The largest absolute Gasteiger partial charge is 0.494 e. The molecule has 13 heteroatoms. The number of sulfone groups is 1. The van der Waals surface area contributed by atoms with Gasteiger partial charge in [0.1, 0.15) is 10.8 Å². The van der Waals surface area contributed by atoms with Crippen LogP contribution in [0.4, 0.5) is 28.8 Å². The number of benzene rings is 2. The van der Waals surface area contributed by atoms with Crippen molar-refractivity contribution in [1.82, 2.24) is 19.8 Å². The molecule has 214 valence electrons. The Balaban J connectivity index is 1.50. The van der Waals surface area contributed by atoms with Gasteiger partial charge in [-0.1, -0.05) is 30.7 Å². The van der Waals surface area contributed by atoms with E-state index in [-0.39, 0.29) is 21.7 Å². The van der Waals surface area contributed by atoms with Crippen LogP contribution in [0.1, 0.15) is 20.8 Å². The SMILES string of the molecule is CCN1CCN(C(=S)Nc2ccc(Nc3ncc(Cl)c(Nc4ccccc4S(=O)(=O)C(C)C)n3)c(OC)c2)CC1. The molecule has 1 saturated heterocycles. The molecule has 1 aliphatic rings. The lowest BCUT2D eigenvalue weighted by Crippen LogP contribution is -2.49. The molecule has 0 bridgehead atoms. The lowest BCUT2D eigenvalue weighted by Gasteiger charge is -2.35. The molecule has 1 aliphatic heterocycles. The number of hydrogen-bond acceptors (Lipinski definition) is 9. The summed E-state index contributed by atoms with van der Waals surface area (Å²) in [6.07, 6.45) is 1.44. The third-order valence-electron chi connectivity index (χ3n) is 6.62. The number of para-hydroxylation sites is 1. The first kappa shape index (κ1) is 29.8. The Bertz CT molecular complexity index is 1460. The van der Waals surface area contributed by atoms with E-state index in [9.17, 15) is 8.42 Å². The fraction of sp³-hybridized carbons (Fsp3) is 0.370. The Labute approximate surface area is 246 Å². The van der Waals surface area contributed by atoms with Crippen molar-refractivity contribution in [2.75, 3.05) is 55.8 Å². The topological polar surface area (TPSA) is 112 Å². The second kappa shape index (κ2) is 13.0. The predicted molar refractivity (Wildman–Crippen MR) is 165 cm³/mol. The molecular weight excluding hydrogens is 570 g/mol. The summed E-state index contributed by atoms with van der Waals surface area (Å²) in [7, 11) is -1.96. The van der Waals surface area contributed by atoms with Crippen LogP contribution in [0.25, 0.3) is 0 Å². The van der Waals surface area contributed by atoms with Gasteiger partial charge in [0.15, 0.2) is 20.8 Å². The van der Waals surface area contributed by atoms with Gasteiger partial charge in [0, 0.05) is 37.9 Å². The van der Waals surface area contributed by atoms with Gasteiger partial charge in [-0.05, 0) is 56.9 Å². The van der Waals surface area contributed by atoms with E-state index in [1.807, 2.05) is 18.2 Å². The first-order valence-corrected chi connectivity index (χ1v) is 15.3. The molecule has 0 atom stereocenters. The fourth-order valence-electron chi connectivity index (χ4n) is 4.18. The monoisotopic (exact) mass is 603 g/mol. The van der Waals surface area contributed by atoms with Crippen LogP contribution in [0.2, 0.25) is 5.02 Å². The molecule has 0 radical (unpaired) electrons. The Morgan fingerprint density at radius 3 is 2.50 bits per heavy atom. The molecule has 0 saturated carbocycles. The van der Waals surface area contributed by atoms with Gasteiger partial charge in [0.2, 0.25) is 5.95 Å². The third-order valence-corrected chi connectivity index (χ3v) is 9.46.